The van der Waals surface area contributed by atoms with Crippen LogP contribution in [0.1, 0.15) is 22.3 Å². The van der Waals surface area contributed by atoms with Crippen molar-refractivity contribution in [1.82, 2.24) is 5.32 Å². The first-order valence-corrected chi connectivity index (χ1v) is 8.38. The van der Waals surface area contributed by atoms with Gasteiger partial charge >= 0.3 is 5.97 Å². The lowest BCUT2D eigenvalue weighted by molar-refractivity contribution is -0.124. The molecule has 0 fully saturated rings. The monoisotopic (exact) mass is 390 g/mol. The number of esters is 1. The molecule has 2 aromatic carbocycles. The number of rotatable bonds is 7. The van der Waals surface area contributed by atoms with Crippen LogP contribution >= 0.6 is 15.9 Å². The van der Waals surface area contributed by atoms with Crippen molar-refractivity contribution in [3.8, 4) is 0 Å². The van der Waals surface area contributed by atoms with E-state index in [4.69, 9.17) is 10.5 Å². The summed E-state index contributed by atoms with van der Waals surface area (Å²) < 4.78 is 5.71. The van der Waals surface area contributed by atoms with Crippen LogP contribution in [-0.2, 0) is 16.0 Å². The number of ether oxygens (including phenoxy) is 1. The first-order chi connectivity index (χ1) is 11.6. The fraction of sp³-hybridized carbons (Fsp3) is 0.222. The van der Waals surface area contributed by atoms with E-state index < -0.39 is 5.97 Å². The van der Waals surface area contributed by atoms with E-state index >= 15 is 0 Å². The fourth-order valence-corrected chi connectivity index (χ4v) is 2.49. The molecule has 0 aliphatic rings. The molecule has 6 heteroatoms. The summed E-state index contributed by atoms with van der Waals surface area (Å²) in [6.45, 7) is 0.209. The maximum absolute atomic E-state index is 11.9. The standard InChI is InChI=1S/C18H19BrN2O3/c19-14-8-9-16(20)15(11-14)18(23)24-12-17(22)21-10-4-7-13-5-2-1-3-6-13/h1-3,5-6,8-9,11H,4,7,10,12,20H2,(H,21,22). The van der Waals surface area contributed by atoms with Gasteiger partial charge in [0.1, 0.15) is 0 Å². The molecular formula is C18H19BrN2O3. The van der Waals surface area contributed by atoms with Crippen LogP contribution in [0, 0.1) is 0 Å². The molecule has 1 amide bonds. The van der Waals surface area contributed by atoms with Gasteiger partial charge in [0.05, 0.1) is 5.56 Å². The van der Waals surface area contributed by atoms with Gasteiger partial charge in [0, 0.05) is 16.7 Å². The smallest absolute Gasteiger partial charge is 0.340 e. The average molecular weight is 391 g/mol. The van der Waals surface area contributed by atoms with Gasteiger partial charge < -0.3 is 15.8 Å². The van der Waals surface area contributed by atoms with Gasteiger partial charge in [0.15, 0.2) is 6.61 Å². The van der Waals surface area contributed by atoms with Crippen LogP contribution in [0.25, 0.3) is 0 Å². The number of benzene rings is 2. The summed E-state index contributed by atoms with van der Waals surface area (Å²) in [7, 11) is 0. The Morgan fingerprint density at radius 1 is 1.12 bits per heavy atom. The van der Waals surface area contributed by atoms with Crippen LogP contribution in [0.3, 0.4) is 0 Å². The number of hydrogen-bond acceptors (Lipinski definition) is 4. The third-order valence-corrected chi connectivity index (χ3v) is 3.87. The second kappa shape index (κ2) is 9.08. The lowest BCUT2D eigenvalue weighted by Crippen LogP contribution is -2.30. The molecule has 0 aliphatic heterocycles. The number of carbonyl (C=O) groups is 2. The predicted molar refractivity (Wildman–Crippen MR) is 96.6 cm³/mol. The van der Waals surface area contributed by atoms with Gasteiger partial charge in [-0.05, 0) is 36.6 Å². The lowest BCUT2D eigenvalue weighted by Gasteiger charge is -2.08. The molecule has 0 aromatic heterocycles. The van der Waals surface area contributed by atoms with Crippen LogP contribution in [0.4, 0.5) is 5.69 Å². The van der Waals surface area contributed by atoms with Crippen molar-refractivity contribution in [2.75, 3.05) is 18.9 Å². The van der Waals surface area contributed by atoms with Gasteiger partial charge in [0.2, 0.25) is 0 Å². The molecule has 2 aromatic rings. The first kappa shape index (κ1) is 18.0. The number of carbonyl (C=O) groups excluding carboxylic acids is 2. The Labute approximate surface area is 149 Å². The van der Waals surface area contributed by atoms with E-state index in [1.54, 1.807) is 18.2 Å². The van der Waals surface area contributed by atoms with Gasteiger partial charge in [-0.15, -0.1) is 0 Å². The van der Waals surface area contributed by atoms with Gasteiger partial charge in [-0.2, -0.15) is 0 Å². The van der Waals surface area contributed by atoms with E-state index in [1.807, 2.05) is 30.3 Å². The highest BCUT2D eigenvalue weighted by atomic mass is 79.9. The van der Waals surface area contributed by atoms with E-state index in [1.165, 1.54) is 5.56 Å². The van der Waals surface area contributed by atoms with Crippen molar-refractivity contribution in [2.45, 2.75) is 12.8 Å². The van der Waals surface area contributed by atoms with Crippen molar-refractivity contribution < 1.29 is 14.3 Å². The number of nitrogen functional groups attached to an aromatic ring is 1. The molecule has 3 N–H and O–H groups in total. The molecule has 0 bridgehead atoms. The minimum Gasteiger partial charge on any atom is -0.452 e. The maximum Gasteiger partial charge on any atom is 0.340 e. The summed E-state index contributed by atoms with van der Waals surface area (Å²) in [5.74, 6) is -0.946. The Morgan fingerprint density at radius 2 is 1.88 bits per heavy atom. The number of halogens is 1. The highest BCUT2D eigenvalue weighted by Crippen LogP contribution is 2.19. The summed E-state index contributed by atoms with van der Waals surface area (Å²) in [6, 6.07) is 14.9. The Balaban J connectivity index is 1.69. The van der Waals surface area contributed by atoms with Gasteiger partial charge in [0.25, 0.3) is 5.91 Å². The number of aryl methyl sites for hydroxylation is 1. The normalized spacial score (nSPS) is 10.2. The zero-order chi connectivity index (χ0) is 17.4. The second-order valence-electron chi connectivity index (χ2n) is 5.25. The van der Waals surface area contributed by atoms with E-state index in [2.05, 4.69) is 21.2 Å². The van der Waals surface area contributed by atoms with Crippen LogP contribution < -0.4 is 11.1 Å². The molecule has 0 saturated carbocycles. The summed E-state index contributed by atoms with van der Waals surface area (Å²) in [4.78, 5) is 23.6. The second-order valence-corrected chi connectivity index (χ2v) is 6.16. The average Bonchev–Trinajstić information content (AvgIpc) is 2.59. The van der Waals surface area contributed by atoms with Crippen molar-refractivity contribution in [1.29, 1.82) is 0 Å². The molecule has 126 valence electrons. The van der Waals surface area contributed by atoms with Gasteiger partial charge in [-0.25, -0.2) is 4.79 Å². The summed E-state index contributed by atoms with van der Waals surface area (Å²) in [5.41, 5.74) is 7.50. The quantitative estimate of drug-likeness (QED) is 0.432. The molecular weight excluding hydrogens is 372 g/mol. The van der Waals surface area contributed by atoms with E-state index in [0.29, 0.717) is 16.7 Å². The van der Waals surface area contributed by atoms with E-state index in [9.17, 15) is 9.59 Å². The number of nitrogens with one attached hydrogen (secondary N) is 1. The molecule has 0 heterocycles. The Hall–Kier alpha value is -2.34. The Morgan fingerprint density at radius 3 is 2.62 bits per heavy atom. The maximum atomic E-state index is 11.9. The third kappa shape index (κ3) is 5.70. The van der Waals surface area contributed by atoms with Crippen LogP contribution in [0.2, 0.25) is 0 Å². The Kier molecular flexibility index (Phi) is 6.81. The molecule has 5 nitrogen and oxygen atoms in total. The lowest BCUT2D eigenvalue weighted by atomic mass is 10.1. The molecule has 2 rings (SSSR count). The topological polar surface area (TPSA) is 81.4 Å². The molecule has 24 heavy (non-hydrogen) atoms. The molecule has 0 atom stereocenters. The minimum atomic E-state index is -0.617. The molecule has 0 spiro atoms. The number of amides is 1. The van der Waals surface area contributed by atoms with E-state index in [-0.39, 0.29) is 18.1 Å². The molecule has 0 aliphatic carbocycles. The zero-order valence-corrected chi connectivity index (χ0v) is 14.7. The molecule has 0 radical (unpaired) electrons. The minimum absolute atomic E-state index is 0.237. The molecule has 0 unspecified atom stereocenters. The highest BCUT2D eigenvalue weighted by molar-refractivity contribution is 9.10. The van der Waals surface area contributed by atoms with Crippen molar-refractivity contribution in [3.63, 3.8) is 0 Å². The summed E-state index contributed by atoms with van der Waals surface area (Å²) >= 11 is 3.26. The summed E-state index contributed by atoms with van der Waals surface area (Å²) in [6.07, 6.45) is 1.71. The third-order valence-electron chi connectivity index (χ3n) is 3.38. The number of hydrogen-bond donors (Lipinski definition) is 2. The predicted octanol–water partition coefficient (Wildman–Crippen LogP) is 2.94. The van der Waals surface area contributed by atoms with Crippen LogP contribution in [-0.4, -0.2) is 25.0 Å². The van der Waals surface area contributed by atoms with Crippen molar-refractivity contribution >= 4 is 33.5 Å². The largest absolute Gasteiger partial charge is 0.452 e. The van der Waals surface area contributed by atoms with Crippen molar-refractivity contribution in [3.05, 3.63) is 64.1 Å². The Bertz CT molecular complexity index is 705. The summed E-state index contributed by atoms with van der Waals surface area (Å²) in [5, 5.41) is 2.73. The van der Waals surface area contributed by atoms with Crippen molar-refractivity contribution in [2.24, 2.45) is 0 Å². The molecule has 0 saturated heterocycles. The number of nitrogens with two attached hydrogens (primary N) is 1. The SMILES string of the molecule is Nc1ccc(Br)cc1C(=O)OCC(=O)NCCCc1ccccc1. The van der Waals surface area contributed by atoms with Crippen LogP contribution in [0.5, 0.6) is 0 Å². The fourth-order valence-electron chi connectivity index (χ4n) is 2.13. The number of anilines is 1. The highest BCUT2D eigenvalue weighted by Gasteiger charge is 2.13. The van der Waals surface area contributed by atoms with Crippen LogP contribution in [0.15, 0.2) is 53.0 Å². The van der Waals surface area contributed by atoms with E-state index in [0.717, 1.165) is 12.8 Å². The first-order valence-electron chi connectivity index (χ1n) is 7.59. The van der Waals surface area contributed by atoms with Gasteiger partial charge in [-0.3, -0.25) is 4.79 Å². The van der Waals surface area contributed by atoms with Gasteiger partial charge in [-0.1, -0.05) is 46.3 Å². The zero-order valence-electron chi connectivity index (χ0n) is 13.1.